The summed E-state index contributed by atoms with van der Waals surface area (Å²) in [5, 5.41) is 13.9. The molecule has 1 aliphatic rings. The number of halogens is 2. The van der Waals surface area contributed by atoms with Gasteiger partial charge in [-0.1, -0.05) is 0 Å². The molecule has 1 aliphatic heterocycles. The Morgan fingerprint density at radius 1 is 1.21 bits per heavy atom. The summed E-state index contributed by atoms with van der Waals surface area (Å²) in [6.45, 7) is -2.41. The van der Waals surface area contributed by atoms with Gasteiger partial charge in [-0.05, 0) is 67.3 Å². The van der Waals surface area contributed by atoms with Gasteiger partial charge in [0.05, 0.1) is 18.2 Å². The number of hydrogen-bond donors (Lipinski definition) is 2. The molecule has 1 unspecified atom stereocenters. The van der Waals surface area contributed by atoms with Crippen LogP contribution in [0.25, 0.3) is 0 Å². The third-order valence-corrected chi connectivity index (χ3v) is 5.92. The van der Waals surface area contributed by atoms with Crippen LogP contribution in [0.4, 0.5) is 14.5 Å². The highest BCUT2D eigenvalue weighted by Crippen LogP contribution is 2.29. The van der Waals surface area contributed by atoms with Crippen LogP contribution in [0.2, 0.25) is 0 Å². The maximum absolute atomic E-state index is 12.8. The number of methoxy groups -OCH3 is 1. The van der Waals surface area contributed by atoms with Crippen molar-refractivity contribution >= 4 is 27.8 Å². The van der Waals surface area contributed by atoms with Gasteiger partial charge >= 0.3 is 6.61 Å². The number of rotatable bonds is 8. The first-order valence-electron chi connectivity index (χ1n) is 10.0. The average molecular weight is 483 g/mol. The van der Waals surface area contributed by atoms with E-state index in [-0.39, 0.29) is 22.3 Å². The maximum Gasteiger partial charge on any atom is 0.387 e. The standard InChI is InChI=1S/C21H24F2N4O5S/c1-31-19-12-14(5-10-18(19)32-21(22)23)13-25-27-11-3-2-4-17(27)20(28)26-15-6-8-16(9-7-15)33(24,29)30/h5-10,12-13,17,21H,2-4,11H2,1H3,(H,26,28)(H2,24,29,30)/b25-13+. The van der Waals surface area contributed by atoms with Gasteiger partial charge in [0.15, 0.2) is 11.5 Å². The lowest BCUT2D eigenvalue weighted by Gasteiger charge is -2.32. The summed E-state index contributed by atoms with van der Waals surface area (Å²) in [5.41, 5.74) is 1.01. The molecule has 0 bridgehead atoms. The molecular formula is C21H24F2N4O5S. The van der Waals surface area contributed by atoms with E-state index in [9.17, 15) is 22.0 Å². The highest BCUT2D eigenvalue weighted by atomic mass is 32.2. The Balaban J connectivity index is 1.71. The molecule has 1 saturated heterocycles. The molecule has 9 nitrogen and oxygen atoms in total. The van der Waals surface area contributed by atoms with Gasteiger partial charge in [0.1, 0.15) is 6.04 Å². The summed E-state index contributed by atoms with van der Waals surface area (Å²) in [7, 11) is -2.48. The van der Waals surface area contributed by atoms with Crippen molar-refractivity contribution in [2.45, 2.75) is 36.8 Å². The molecule has 178 valence electrons. The number of piperidine rings is 1. The van der Waals surface area contributed by atoms with Gasteiger partial charge in [0, 0.05) is 12.2 Å². The number of benzene rings is 2. The number of carbonyl (C=O) groups is 1. The van der Waals surface area contributed by atoms with Gasteiger partial charge < -0.3 is 14.8 Å². The molecule has 1 heterocycles. The Bertz CT molecular complexity index is 1110. The van der Waals surface area contributed by atoms with Crippen LogP contribution in [0.3, 0.4) is 0 Å². The second-order valence-electron chi connectivity index (χ2n) is 7.27. The molecule has 1 atom stereocenters. The van der Waals surface area contributed by atoms with Crippen molar-refractivity contribution in [3.05, 3.63) is 48.0 Å². The third-order valence-electron chi connectivity index (χ3n) is 4.99. The second-order valence-corrected chi connectivity index (χ2v) is 8.83. The summed E-state index contributed by atoms with van der Waals surface area (Å²) < 4.78 is 57.2. The fraction of sp³-hybridized carbons (Fsp3) is 0.333. The number of primary sulfonamides is 1. The highest BCUT2D eigenvalue weighted by Gasteiger charge is 2.28. The Hall–Kier alpha value is -3.25. The number of hydrazone groups is 1. The minimum absolute atomic E-state index is 0.0511. The molecular weight excluding hydrogens is 458 g/mol. The number of nitrogens with zero attached hydrogens (tertiary/aromatic N) is 2. The largest absolute Gasteiger partial charge is 0.493 e. The summed E-state index contributed by atoms with van der Waals surface area (Å²) >= 11 is 0. The second kappa shape index (κ2) is 10.6. The Labute approximate surface area is 190 Å². The first-order chi connectivity index (χ1) is 15.7. The summed E-state index contributed by atoms with van der Waals surface area (Å²) in [5.74, 6) is -0.239. The van der Waals surface area contributed by atoms with Gasteiger partial charge in [-0.25, -0.2) is 13.6 Å². The number of alkyl halides is 2. The van der Waals surface area contributed by atoms with E-state index in [0.29, 0.717) is 24.2 Å². The molecule has 0 aliphatic carbocycles. The third kappa shape index (κ3) is 6.62. The van der Waals surface area contributed by atoms with E-state index < -0.39 is 22.7 Å². The molecule has 1 fully saturated rings. The monoisotopic (exact) mass is 482 g/mol. The lowest BCUT2D eigenvalue weighted by molar-refractivity contribution is -0.122. The number of nitrogens with one attached hydrogen (secondary N) is 1. The van der Waals surface area contributed by atoms with Crippen molar-refractivity contribution in [1.29, 1.82) is 0 Å². The number of nitrogens with two attached hydrogens (primary N) is 1. The van der Waals surface area contributed by atoms with Crippen LogP contribution < -0.4 is 19.9 Å². The van der Waals surface area contributed by atoms with Crippen molar-refractivity contribution in [3.8, 4) is 11.5 Å². The number of sulfonamides is 1. The maximum atomic E-state index is 12.8. The molecule has 1 amide bonds. The predicted molar refractivity (Wildman–Crippen MR) is 118 cm³/mol. The zero-order chi connectivity index (χ0) is 24.0. The molecule has 33 heavy (non-hydrogen) atoms. The van der Waals surface area contributed by atoms with E-state index in [2.05, 4.69) is 15.2 Å². The van der Waals surface area contributed by atoms with Crippen LogP contribution >= 0.6 is 0 Å². The smallest absolute Gasteiger partial charge is 0.387 e. The van der Waals surface area contributed by atoms with Crippen molar-refractivity contribution in [2.24, 2.45) is 10.2 Å². The van der Waals surface area contributed by atoms with Crippen molar-refractivity contribution in [3.63, 3.8) is 0 Å². The fourth-order valence-corrected chi connectivity index (χ4v) is 3.89. The van der Waals surface area contributed by atoms with Gasteiger partial charge in [-0.3, -0.25) is 9.80 Å². The minimum atomic E-state index is -3.82. The molecule has 0 radical (unpaired) electrons. The molecule has 2 aromatic rings. The highest BCUT2D eigenvalue weighted by molar-refractivity contribution is 7.89. The fourth-order valence-electron chi connectivity index (χ4n) is 3.37. The predicted octanol–water partition coefficient (Wildman–Crippen LogP) is 2.77. The first-order valence-corrected chi connectivity index (χ1v) is 11.6. The van der Waals surface area contributed by atoms with Crippen LogP contribution in [0.1, 0.15) is 24.8 Å². The molecule has 2 aromatic carbocycles. The molecule has 0 saturated carbocycles. The first kappa shape index (κ1) is 24.4. The lowest BCUT2D eigenvalue weighted by atomic mass is 10.0. The van der Waals surface area contributed by atoms with E-state index in [0.717, 1.165) is 12.8 Å². The lowest BCUT2D eigenvalue weighted by Crippen LogP contribution is -2.44. The average Bonchev–Trinajstić information content (AvgIpc) is 2.78. The van der Waals surface area contributed by atoms with Crippen molar-refractivity contribution < 1.29 is 31.5 Å². The quantitative estimate of drug-likeness (QED) is 0.558. The van der Waals surface area contributed by atoms with Gasteiger partial charge in [-0.2, -0.15) is 13.9 Å². The summed E-state index contributed by atoms with van der Waals surface area (Å²) in [6.07, 6.45) is 3.81. The Morgan fingerprint density at radius 2 is 1.94 bits per heavy atom. The normalized spacial score (nSPS) is 16.8. The zero-order valence-corrected chi connectivity index (χ0v) is 18.6. The molecule has 3 N–H and O–H groups in total. The van der Waals surface area contributed by atoms with Crippen LogP contribution in [0, 0.1) is 0 Å². The SMILES string of the molecule is COc1cc(/C=N/N2CCCCC2C(=O)Nc2ccc(S(N)(=O)=O)cc2)ccc1OC(F)F. The number of anilines is 1. The van der Waals surface area contributed by atoms with Crippen LogP contribution in [0.5, 0.6) is 11.5 Å². The van der Waals surface area contributed by atoms with Gasteiger partial charge in [-0.15, -0.1) is 0 Å². The van der Waals surface area contributed by atoms with Crippen LogP contribution in [0.15, 0.2) is 52.5 Å². The molecule has 0 spiro atoms. The van der Waals surface area contributed by atoms with E-state index in [4.69, 9.17) is 9.88 Å². The van der Waals surface area contributed by atoms with Gasteiger partial charge in [0.25, 0.3) is 0 Å². The van der Waals surface area contributed by atoms with Crippen LogP contribution in [-0.2, 0) is 14.8 Å². The zero-order valence-electron chi connectivity index (χ0n) is 17.8. The minimum Gasteiger partial charge on any atom is -0.493 e. The number of carbonyl (C=O) groups excluding carboxylic acids is 1. The Kier molecular flexibility index (Phi) is 7.82. The van der Waals surface area contributed by atoms with Gasteiger partial charge in [0.2, 0.25) is 15.9 Å². The van der Waals surface area contributed by atoms with E-state index in [1.54, 1.807) is 11.1 Å². The van der Waals surface area contributed by atoms with Crippen molar-refractivity contribution in [1.82, 2.24) is 5.01 Å². The van der Waals surface area contributed by atoms with E-state index in [1.807, 2.05) is 0 Å². The molecule has 0 aromatic heterocycles. The molecule has 12 heteroatoms. The number of ether oxygens (including phenoxy) is 2. The topological polar surface area (TPSA) is 123 Å². The Morgan fingerprint density at radius 3 is 2.58 bits per heavy atom. The molecule has 3 rings (SSSR count). The number of amides is 1. The summed E-state index contributed by atoms with van der Waals surface area (Å²) in [4.78, 5) is 12.8. The summed E-state index contributed by atoms with van der Waals surface area (Å²) in [6, 6.07) is 9.44. The number of hydrogen-bond acceptors (Lipinski definition) is 7. The van der Waals surface area contributed by atoms with Crippen molar-refractivity contribution in [2.75, 3.05) is 19.0 Å². The van der Waals surface area contributed by atoms with Crippen LogP contribution in [-0.4, -0.2) is 51.9 Å². The van der Waals surface area contributed by atoms with E-state index in [1.165, 1.54) is 49.7 Å². The van der Waals surface area contributed by atoms with E-state index >= 15 is 0 Å².